The molecule has 3 aromatic rings. The number of hydrogen-bond donors (Lipinski definition) is 2. The molecule has 0 aliphatic heterocycles. The summed E-state index contributed by atoms with van der Waals surface area (Å²) in [6.45, 7) is 7.96. The predicted molar refractivity (Wildman–Crippen MR) is 113 cm³/mol. The molecule has 2 N–H and O–H groups in total. The van der Waals surface area contributed by atoms with Crippen LogP contribution in [0.5, 0.6) is 0 Å². The van der Waals surface area contributed by atoms with Crippen molar-refractivity contribution in [1.29, 1.82) is 0 Å². The Balaban J connectivity index is 1.86. The third-order valence-corrected chi connectivity index (χ3v) is 4.77. The van der Waals surface area contributed by atoms with Gasteiger partial charge in [0.25, 0.3) is 0 Å². The number of halogens is 1. The second-order valence-electron chi connectivity index (χ2n) is 7.86. The Morgan fingerprint density at radius 3 is 2.67 bits per heavy atom. The van der Waals surface area contributed by atoms with Crippen molar-refractivity contribution in [2.24, 2.45) is 0 Å². The largest absolute Gasteiger partial charge is 0.469 e. The van der Waals surface area contributed by atoms with Crippen molar-refractivity contribution in [2.45, 2.75) is 39.5 Å². The molecule has 0 saturated heterocycles. The highest BCUT2D eigenvalue weighted by Crippen LogP contribution is 2.33. The molecule has 2 heterocycles. The molecule has 0 aliphatic carbocycles. The molecule has 1 aromatic carbocycles. The molecule has 3 rings (SSSR count). The van der Waals surface area contributed by atoms with E-state index in [0.717, 1.165) is 11.3 Å². The molecule has 0 radical (unpaired) electrons. The van der Waals surface area contributed by atoms with E-state index in [2.05, 4.69) is 25.2 Å². The van der Waals surface area contributed by atoms with E-state index in [1.54, 1.807) is 6.07 Å². The van der Waals surface area contributed by atoms with Crippen LogP contribution in [0.1, 0.15) is 38.4 Å². The first-order valence-corrected chi connectivity index (χ1v) is 9.74. The minimum absolute atomic E-state index is 0.0212. The summed E-state index contributed by atoms with van der Waals surface area (Å²) in [5.41, 5.74) is 3.21. The second-order valence-corrected chi connectivity index (χ2v) is 8.24. The molecular weight excluding hydrogens is 410 g/mol. The fourth-order valence-electron chi connectivity index (χ4n) is 2.84. The van der Waals surface area contributed by atoms with Crippen LogP contribution in [0.4, 0.5) is 10.5 Å². The summed E-state index contributed by atoms with van der Waals surface area (Å²) in [5.74, 6) is -0.0558. The molecule has 9 nitrogen and oxygen atoms in total. The van der Waals surface area contributed by atoms with Gasteiger partial charge in [-0.3, -0.25) is 15.2 Å². The number of H-pyrrole nitrogens is 1. The van der Waals surface area contributed by atoms with Crippen molar-refractivity contribution < 1.29 is 19.1 Å². The van der Waals surface area contributed by atoms with E-state index < -0.39 is 12.1 Å². The van der Waals surface area contributed by atoms with E-state index in [1.165, 1.54) is 11.7 Å². The third-order valence-electron chi connectivity index (χ3n) is 4.41. The predicted octanol–water partition coefficient (Wildman–Crippen LogP) is 4.10. The molecule has 0 spiro atoms. The van der Waals surface area contributed by atoms with Crippen LogP contribution in [0, 0.1) is 6.92 Å². The van der Waals surface area contributed by atoms with Crippen molar-refractivity contribution in [3.8, 4) is 11.4 Å². The zero-order chi connectivity index (χ0) is 22.1. The van der Waals surface area contributed by atoms with Gasteiger partial charge in [0.15, 0.2) is 11.5 Å². The number of hydrogen-bond acceptors (Lipinski definition) is 6. The minimum Gasteiger partial charge on any atom is -0.469 e. The van der Waals surface area contributed by atoms with Gasteiger partial charge in [-0.15, -0.1) is 5.10 Å². The lowest BCUT2D eigenvalue weighted by Crippen LogP contribution is -2.17. The van der Waals surface area contributed by atoms with Gasteiger partial charge in [0, 0.05) is 11.0 Å². The first-order chi connectivity index (χ1) is 14.1. The van der Waals surface area contributed by atoms with E-state index in [-0.39, 0.29) is 18.4 Å². The number of aryl methyl sites for hydroxylation is 1. The molecule has 0 bridgehead atoms. The van der Waals surface area contributed by atoms with E-state index >= 15 is 0 Å². The van der Waals surface area contributed by atoms with Crippen LogP contribution in [0.2, 0.25) is 5.02 Å². The maximum Gasteiger partial charge on any atom is 0.411 e. The number of amides is 1. The smallest absolute Gasteiger partial charge is 0.411 e. The Labute approximate surface area is 178 Å². The number of nitrogens with zero attached hydrogens (tertiary/aromatic N) is 3. The van der Waals surface area contributed by atoms with Crippen molar-refractivity contribution in [1.82, 2.24) is 19.8 Å². The first-order valence-electron chi connectivity index (χ1n) is 9.36. The van der Waals surface area contributed by atoms with Crippen LogP contribution >= 0.6 is 11.6 Å². The average Bonchev–Trinajstić information content (AvgIpc) is 3.22. The summed E-state index contributed by atoms with van der Waals surface area (Å²) < 4.78 is 11.1. The molecule has 10 heteroatoms. The number of rotatable bonds is 5. The summed E-state index contributed by atoms with van der Waals surface area (Å²) in [5, 5.41) is 10.8. The second kappa shape index (κ2) is 8.35. The average molecular weight is 434 g/mol. The van der Waals surface area contributed by atoms with E-state index in [0.29, 0.717) is 27.7 Å². The van der Waals surface area contributed by atoms with Gasteiger partial charge in [0.05, 0.1) is 24.9 Å². The number of benzene rings is 1. The van der Waals surface area contributed by atoms with Gasteiger partial charge in [-0.05, 0) is 19.1 Å². The summed E-state index contributed by atoms with van der Waals surface area (Å²) in [6.07, 6.45) is -0.714. The van der Waals surface area contributed by atoms with Gasteiger partial charge in [-0.25, -0.2) is 9.78 Å². The number of aromatic nitrogens is 4. The molecule has 0 aliphatic rings. The highest BCUT2D eigenvalue weighted by molar-refractivity contribution is 6.34. The quantitative estimate of drug-likeness (QED) is 0.586. The number of methoxy groups -OCH3 is 1. The molecule has 30 heavy (non-hydrogen) atoms. The van der Waals surface area contributed by atoms with E-state index in [9.17, 15) is 9.59 Å². The van der Waals surface area contributed by atoms with Crippen LogP contribution in [0.3, 0.4) is 0 Å². The minimum atomic E-state index is -0.693. The summed E-state index contributed by atoms with van der Waals surface area (Å²) in [4.78, 5) is 27.8. The maximum absolute atomic E-state index is 12.1. The number of anilines is 1. The summed E-state index contributed by atoms with van der Waals surface area (Å²) in [6, 6.07) is 5.45. The van der Waals surface area contributed by atoms with Crippen LogP contribution in [0.25, 0.3) is 17.0 Å². The monoisotopic (exact) mass is 433 g/mol. The normalized spacial score (nSPS) is 11.5. The fourth-order valence-corrected chi connectivity index (χ4v) is 3.29. The Kier molecular flexibility index (Phi) is 6.02. The van der Waals surface area contributed by atoms with Crippen molar-refractivity contribution in [3.05, 3.63) is 34.5 Å². The number of aromatic amines is 1. The lowest BCUT2D eigenvalue weighted by atomic mass is 9.92. The van der Waals surface area contributed by atoms with E-state index in [1.807, 2.05) is 39.8 Å². The standard InChI is InChI=1S/C20H24ClN5O4/c1-11-6-7-13(22-19(28)30-9-8-14(27)29-5)12(10-11)17-23-18-15(21)16(20(2,3)4)24-26(18)25-17/h6-7,10,24H,8-9H2,1-5H3,(H,22,28). The van der Waals surface area contributed by atoms with Crippen LogP contribution in [-0.4, -0.2) is 45.6 Å². The number of carbonyl (C=O) groups is 2. The SMILES string of the molecule is COC(=O)CCOC(=O)Nc1ccc(C)cc1-c1nc2c(Cl)c(C(C)(C)C)[nH]n2n1. The first kappa shape index (κ1) is 21.6. The topological polar surface area (TPSA) is 111 Å². The molecule has 0 atom stereocenters. The fraction of sp³-hybridized carbons (Fsp3) is 0.400. The molecule has 160 valence electrons. The number of fused-ring (bicyclic) bond motifs is 1. The molecule has 2 aromatic heterocycles. The molecule has 0 saturated carbocycles. The van der Waals surface area contributed by atoms with Gasteiger partial charge >= 0.3 is 12.1 Å². The van der Waals surface area contributed by atoms with Crippen molar-refractivity contribution >= 4 is 35.0 Å². The van der Waals surface area contributed by atoms with E-state index in [4.69, 9.17) is 16.3 Å². The van der Waals surface area contributed by atoms with Gasteiger partial charge in [-0.2, -0.15) is 4.63 Å². The molecule has 0 unspecified atom stereocenters. The zero-order valence-corrected chi connectivity index (χ0v) is 18.3. The number of nitrogens with one attached hydrogen (secondary N) is 2. The number of esters is 1. The summed E-state index contributed by atoms with van der Waals surface area (Å²) in [7, 11) is 1.27. The Hall–Kier alpha value is -3.07. The van der Waals surface area contributed by atoms with Crippen LogP contribution < -0.4 is 5.32 Å². The molecular formula is C20H24ClN5O4. The van der Waals surface area contributed by atoms with Gasteiger partial charge < -0.3 is 9.47 Å². The van der Waals surface area contributed by atoms with Gasteiger partial charge in [-0.1, -0.05) is 44.0 Å². The van der Waals surface area contributed by atoms with Gasteiger partial charge in [0.1, 0.15) is 11.6 Å². The molecule has 0 fully saturated rings. The van der Waals surface area contributed by atoms with Crippen LogP contribution in [0.15, 0.2) is 18.2 Å². The zero-order valence-electron chi connectivity index (χ0n) is 17.5. The Morgan fingerprint density at radius 1 is 1.30 bits per heavy atom. The van der Waals surface area contributed by atoms with Crippen LogP contribution in [-0.2, 0) is 19.7 Å². The molecule has 1 amide bonds. The lowest BCUT2D eigenvalue weighted by molar-refractivity contribution is -0.141. The van der Waals surface area contributed by atoms with Crippen molar-refractivity contribution in [2.75, 3.05) is 19.0 Å². The summed E-state index contributed by atoms with van der Waals surface area (Å²) >= 11 is 6.51. The van der Waals surface area contributed by atoms with Gasteiger partial charge in [0.2, 0.25) is 0 Å². The number of carbonyl (C=O) groups excluding carboxylic acids is 2. The highest BCUT2D eigenvalue weighted by Gasteiger charge is 2.25. The lowest BCUT2D eigenvalue weighted by Gasteiger charge is -2.16. The third kappa shape index (κ3) is 4.56. The van der Waals surface area contributed by atoms with Crippen molar-refractivity contribution in [3.63, 3.8) is 0 Å². The Morgan fingerprint density at radius 2 is 2.03 bits per heavy atom. The highest BCUT2D eigenvalue weighted by atomic mass is 35.5. The Bertz CT molecular complexity index is 1100. The maximum atomic E-state index is 12.1. The number of ether oxygens (including phenoxy) is 2.